The van der Waals surface area contributed by atoms with Crippen LogP contribution in [-0.2, 0) is 0 Å². The number of alkyl halides is 3. The lowest BCUT2D eigenvalue weighted by Gasteiger charge is -2.14. The molecule has 0 aliphatic carbocycles. The van der Waals surface area contributed by atoms with Gasteiger partial charge in [0.15, 0.2) is 7.38 Å². The first-order chi connectivity index (χ1) is 3.71. The number of hydrogen-bond donors (Lipinski definition) is 0. The predicted octanol–water partition coefficient (Wildman–Crippen LogP) is 2.99. The molecule has 0 nitrogen and oxygen atoms in total. The Bertz CT molecular complexity index is 81.0. The van der Waals surface area contributed by atoms with Gasteiger partial charge in [-0.05, 0) is 0 Å². The molecular formula is C4H8ClF3Si. The molecule has 0 aromatic heterocycles. The van der Waals surface area contributed by atoms with Gasteiger partial charge in [-0.2, -0.15) is 24.3 Å². The van der Waals surface area contributed by atoms with E-state index in [2.05, 4.69) is 0 Å². The molecule has 56 valence electrons. The zero-order chi connectivity index (χ0) is 7.71. The van der Waals surface area contributed by atoms with Crippen molar-refractivity contribution in [2.45, 2.75) is 25.3 Å². The fraction of sp³-hybridized carbons (Fsp3) is 1.00. The number of halogens is 4. The van der Waals surface area contributed by atoms with Crippen molar-refractivity contribution in [2.24, 2.45) is 0 Å². The van der Waals surface area contributed by atoms with E-state index in [4.69, 9.17) is 11.1 Å². The summed E-state index contributed by atoms with van der Waals surface area (Å²) in [4.78, 5) is 0. The lowest BCUT2D eigenvalue weighted by molar-refractivity contribution is -0.110. The first kappa shape index (κ1) is 9.30. The highest BCUT2D eigenvalue weighted by Crippen LogP contribution is 2.29. The molecule has 0 aliphatic heterocycles. The van der Waals surface area contributed by atoms with Gasteiger partial charge in [-0.15, -0.1) is 0 Å². The third-order valence-electron chi connectivity index (χ3n) is 0.621. The van der Waals surface area contributed by atoms with Crippen molar-refractivity contribution < 1.29 is 13.2 Å². The van der Waals surface area contributed by atoms with Crippen LogP contribution in [0.1, 0.15) is 0 Å². The lowest BCUT2D eigenvalue weighted by Crippen LogP contribution is -2.25. The molecule has 0 aromatic rings. The molecular weight excluding hydrogens is 169 g/mol. The first-order valence-corrected chi connectivity index (χ1v) is 6.68. The summed E-state index contributed by atoms with van der Waals surface area (Å²) in [6.45, 7) is 2.95. The Morgan fingerprint density at radius 3 is 1.67 bits per heavy atom. The Labute approximate surface area is 57.7 Å². The van der Waals surface area contributed by atoms with E-state index in [0.717, 1.165) is 0 Å². The zero-order valence-electron chi connectivity index (χ0n) is 5.22. The van der Waals surface area contributed by atoms with E-state index in [9.17, 15) is 13.2 Å². The van der Waals surface area contributed by atoms with Crippen molar-refractivity contribution in [1.82, 2.24) is 0 Å². The van der Waals surface area contributed by atoms with Gasteiger partial charge in [-0.25, -0.2) is 0 Å². The van der Waals surface area contributed by atoms with Gasteiger partial charge < -0.3 is 0 Å². The Morgan fingerprint density at radius 2 is 1.67 bits per heavy atom. The summed E-state index contributed by atoms with van der Waals surface area (Å²) >= 11 is 5.44. The Hall–Kier alpha value is 0.297. The van der Waals surface area contributed by atoms with E-state index >= 15 is 0 Å². The van der Waals surface area contributed by atoms with E-state index in [1.165, 1.54) is 13.1 Å². The van der Waals surface area contributed by atoms with Crippen molar-refractivity contribution >= 4 is 18.5 Å². The van der Waals surface area contributed by atoms with Crippen LogP contribution in [0.15, 0.2) is 0 Å². The number of rotatable bonds is 1. The maximum absolute atomic E-state index is 11.5. The second-order valence-electron chi connectivity index (χ2n) is 2.51. The lowest BCUT2D eigenvalue weighted by atomic mass is 10.8. The van der Waals surface area contributed by atoms with Crippen LogP contribution in [0.5, 0.6) is 0 Å². The third kappa shape index (κ3) is 8.30. The molecule has 0 unspecified atom stereocenters. The van der Waals surface area contributed by atoms with Crippen LogP contribution in [0.3, 0.4) is 0 Å². The molecule has 5 heteroatoms. The van der Waals surface area contributed by atoms with E-state index in [0.29, 0.717) is 0 Å². The van der Waals surface area contributed by atoms with Gasteiger partial charge in [-0.1, -0.05) is 13.1 Å². The standard InChI is InChI=1S/C4H8ClF3Si/c1-9(2,5)3-4(6,7)8/h3H2,1-2H3. The Balaban J connectivity index is 3.75. The molecule has 0 bridgehead atoms. The largest absolute Gasteiger partial charge is 0.388 e. The number of hydrogen-bond acceptors (Lipinski definition) is 0. The van der Waals surface area contributed by atoms with Gasteiger partial charge in [0.1, 0.15) is 0 Å². The van der Waals surface area contributed by atoms with E-state index in [-0.39, 0.29) is 0 Å². The first-order valence-electron chi connectivity index (χ1n) is 2.46. The van der Waals surface area contributed by atoms with Crippen LogP contribution in [0.25, 0.3) is 0 Å². The van der Waals surface area contributed by atoms with E-state index in [1.54, 1.807) is 0 Å². The van der Waals surface area contributed by atoms with Crippen LogP contribution in [0.4, 0.5) is 13.2 Å². The average molecular weight is 177 g/mol. The molecule has 0 rings (SSSR count). The molecule has 9 heavy (non-hydrogen) atoms. The smallest absolute Gasteiger partial charge is 0.171 e. The highest BCUT2D eigenvalue weighted by Gasteiger charge is 2.36. The molecule has 0 saturated heterocycles. The van der Waals surface area contributed by atoms with E-state index < -0.39 is 19.6 Å². The summed E-state index contributed by atoms with van der Waals surface area (Å²) in [5, 5.41) is 0. The van der Waals surface area contributed by atoms with Crippen LogP contribution in [-0.4, -0.2) is 13.6 Å². The summed E-state index contributed by atoms with van der Waals surface area (Å²) < 4.78 is 34.5. The van der Waals surface area contributed by atoms with Crippen LogP contribution < -0.4 is 0 Å². The second kappa shape index (κ2) is 2.50. The predicted molar refractivity (Wildman–Crippen MR) is 34.2 cm³/mol. The summed E-state index contributed by atoms with van der Waals surface area (Å²) in [5.74, 6) is 0. The monoisotopic (exact) mass is 176 g/mol. The van der Waals surface area contributed by atoms with Crippen molar-refractivity contribution in [2.75, 3.05) is 0 Å². The molecule has 0 fully saturated rings. The SMILES string of the molecule is C[Si](C)(Cl)CC(F)(F)F. The minimum absolute atomic E-state index is 0.804. The molecule has 0 radical (unpaired) electrons. The average Bonchev–Trinajstić information content (AvgIpc) is 1.14. The fourth-order valence-corrected chi connectivity index (χ4v) is 1.88. The quantitative estimate of drug-likeness (QED) is 0.426. The van der Waals surface area contributed by atoms with Crippen LogP contribution >= 0.6 is 11.1 Å². The molecule has 0 spiro atoms. The van der Waals surface area contributed by atoms with E-state index in [1.807, 2.05) is 0 Å². The highest BCUT2D eigenvalue weighted by molar-refractivity contribution is 7.19. The van der Waals surface area contributed by atoms with Crippen LogP contribution in [0, 0.1) is 0 Å². The minimum Gasteiger partial charge on any atom is -0.171 e. The molecule has 0 atom stereocenters. The molecule has 0 N–H and O–H groups in total. The third-order valence-corrected chi connectivity index (χ3v) is 2.26. The molecule has 0 aromatic carbocycles. The molecule has 0 heterocycles. The van der Waals surface area contributed by atoms with Gasteiger partial charge in [-0.3, -0.25) is 0 Å². The van der Waals surface area contributed by atoms with Crippen molar-refractivity contribution in [3.8, 4) is 0 Å². The zero-order valence-corrected chi connectivity index (χ0v) is 6.97. The second-order valence-corrected chi connectivity index (χ2v) is 9.37. The van der Waals surface area contributed by atoms with Crippen molar-refractivity contribution in [3.05, 3.63) is 0 Å². The highest BCUT2D eigenvalue weighted by atomic mass is 35.6. The van der Waals surface area contributed by atoms with Gasteiger partial charge in [0.05, 0.1) is 6.04 Å². The maximum atomic E-state index is 11.5. The summed E-state index contributed by atoms with van der Waals surface area (Å²) in [5.41, 5.74) is 0. The minimum atomic E-state index is -4.09. The summed E-state index contributed by atoms with van der Waals surface area (Å²) in [6.07, 6.45) is -4.09. The Kier molecular flexibility index (Phi) is 2.58. The van der Waals surface area contributed by atoms with Gasteiger partial charge >= 0.3 is 6.18 Å². The summed E-state index contributed by atoms with van der Waals surface area (Å²) in [7, 11) is -2.45. The van der Waals surface area contributed by atoms with Crippen molar-refractivity contribution in [3.63, 3.8) is 0 Å². The molecule has 0 aliphatic rings. The van der Waals surface area contributed by atoms with Gasteiger partial charge in [0.25, 0.3) is 0 Å². The maximum Gasteiger partial charge on any atom is 0.388 e. The normalized spacial score (nSPS) is 14.0. The summed E-state index contributed by atoms with van der Waals surface area (Å²) in [6, 6.07) is -0.804. The molecule has 0 saturated carbocycles. The van der Waals surface area contributed by atoms with Gasteiger partial charge in [0, 0.05) is 0 Å². The molecule has 0 amide bonds. The van der Waals surface area contributed by atoms with Gasteiger partial charge in [0.2, 0.25) is 0 Å². The topological polar surface area (TPSA) is 0 Å². The van der Waals surface area contributed by atoms with Crippen LogP contribution in [0.2, 0.25) is 19.1 Å². The van der Waals surface area contributed by atoms with Crippen molar-refractivity contribution in [1.29, 1.82) is 0 Å². The fourth-order valence-electron chi connectivity index (χ4n) is 0.477. The Morgan fingerprint density at radius 1 is 1.33 bits per heavy atom.